The van der Waals surface area contributed by atoms with Crippen LogP contribution >= 0.6 is 0 Å². The van der Waals surface area contributed by atoms with Gasteiger partial charge in [0.25, 0.3) is 0 Å². The average Bonchev–Trinajstić information content (AvgIpc) is 2.25. The topological polar surface area (TPSA) is 83.5 Å². The van der Waals surface area contributed by atoms with Crippen molar-refractivity contribution in [2.24, 2.45) is 0 Å². The van der Waals surface area contributed by atoms with Crippen molar-refractivity contribution in [2.45, 2.75) is 12.3 Å². The highest BCUT2D eigenvalue weighted by molar-refractivity contribution is 5.80. The summed E-state index contributed by atoms with van der Waals surface area (Å²) in [4.78, 5) is 23.2. The first kappa shape index (κ1) is 13.0. The minimum atomic E-state index is -1.41. The van der Waals surface area contributed by atoms with Crippen LogP contribution in [0.15, 0.2) is 24.3 Å². The van der Waals surface area contributed by atoms with Crippen LogP contribution in [0.1, 0.15) is 17.9 Å². The summed E-state index contributed by atoms with van der Waals surface area (Å²) in [7, 11) is 3.71. The van der Waals surface area contributed by atoms with Crippen molar-refractivity contribution in [3.63, 3.8) is 0 Å². The van der Waals surface area contributed by atoms with Gasteiger partial charge in [0.15, 0.2) is 0 Å². The maximum Gasteiger partial charge on any atom is 0.0493 e. The molecular weight excluding hydrogens is 222 g/mol. The molecule has 0 saturated heterocycles. The van der Waals surface area contributed by atoms with Gasteiger partial charge in [-0.3, -0.25) is 0 Å². The lowest BCUT2D eigenvalue weighted by molar-refractivity contribution is -0.317. The number of carbonyl (C=O) groups is 2. The smallest absolute Gasteiger partial charge is 0.0493 e. The maximum absolute atomic E-state index is 10.8. The molecule has 5 heteroatoms. The molecule has 1 atom stereocenters. The van der Waals surface area contributed by atoms with E-state index in [4.69, 9.17) is 0 Å². The van der Waals surface area contributed by atoms with E-state index in [2.05, 4.69) is 0 Å². The Morgan fingerprint density at radius 1 is 1.18 bits per heavy atom. The number of aliphatic carboxylic acids is 2. The molecular formula is C12H13NO4-2. The number of nitrogens with zero attached hydrogens (tertiary/aromatic N) is 1. The zero-order valence-corrected chi connectivity index (χ0v) is 9.67. The first-order chi connectivity index (χ1) is 7.91. The van der Waals surface area contributed by atoms with Crippen molar-refractivity contribution in [1.82, 2.24) is 0 Å². The van der Waals surface area contributed by atoms with E-state index >= 15 is 0 Å². The SMILES string of the molecule is CN(C)c1ccc([C@@H](CC(=O)[O-])C(=O)[O-])cc1. The normalized spacial score (nSPS) is 11.9. The molecule has 5 nitrogen and oxygen atoms in total. The first-order valence-corrected chi connectivity index (χ1v) is 5.10. The van der Waals surface area contributed by atoms with E-state index < -0.39 is 24.3 Å². The van der Waals surface area contributed by atoms with Gasteiger partial charge in [-0.25, -0.2) is 0 Å². The Labute approximate surface area is 99.3 Å². The summed E-state index contributed by atoms with van der Waals surface area (Å²) in [6.45, 7) is 0. The second-order valence-electron chi connectivity index (χ2n) is 3.93. The van der Waals surface area contributed by atoms with Crippen LogP contribution in [0.2, 0.25) is 0 Å². The number of anilines is 1. The molecule has 0 saturated carbocycles. The fraction of sp³-hybridized carbons (Fsp3) is 0.333. The van der Waals surface area contributed by atoms with E-state index in [9.17, 15) is 19.8 Å². The minimum Gasteiger partial charge on any atom is -0.550 e. The van der Waals surface area contributed by atoms with Crippen LogP contribution in [0.4, 0.5) is 5.69 Å². The second-order valence-corrected chi connectivity index (χ2v) is 3.93. The highest BCUT2D eigenvalue weighted by Gasteiger charge is 2.13. The van der Waals surface area contributed by atoms with E-state index in [0.717, 1.165) is 5.69 Å². The van der Waals surface area contributed by atoms with Gasteiger partial charge < -0.3 is 24.7 Å². The van der Waals surface area contributed by atoms with Crippen molar-refractivity contribution in [1.29, 1.82) is 0 Å². The fourth-order valence-electron chi connectivity index (χ4n) is 1.51. The monoisotopic (exact) mass is 235 g/mol. The summed E-state index contributed by atoms with van der Waals surface area (Å²) < 4.78 is 0. The van der Waals surface area contributed by atoms with Crippen LogP contribution in [-0.2, 0) is 9.59 Å². The maximum atomic E-state index is 10.8. The first-order valence-electron chi connectivity index (χ1n) is 5.10. The number of rotatable bonds is 5. The Morgan fingerprint density at radius 2 is 1.71 bits per heavy atom. The highest BCUT2D eigenvalue weighted by atomic mass is 16.4. The molecule has 0 radical (unpaired) electrons. The van der Waals surface area contributed by atoms with Gasteiger partial charge in [0.2, 0.25) is 0 Å². The van der Waals surface area contributed by atoms with E-state index in [0.29, 0.717) is 5.56 Å². The Balaban J connectivity index is 2.95. The van der Waals surface area contributed by atoms with Crippen molar-refractivity contribution in [2.75, 3.05) is 19.0 Å². The number of benzene rings is 1. The predicted molar refractivity (Wildman–Crippen MR) is 58.1 cm³/mol. The quantitative estimate of drug-likeness (QED) is 0.635. The fourth-order valence-corrected chi connectivity index (χ4v) is 1.51. The summed E-state index contributed by atoms with van der Waals surface area (Å²) >= 11 is 0. The van der Waals surface area contributed by atoms with Crippen LogP contribution in [-0.4, -0.2) is 26.0 Å². The van der Waals surface area contributed by atoms with Gasteiger partial charge in [-0.05, 0) is 24.1 Å². The molecule has 0 unspecified atom stereocenters. The summed E-state index contributed by atoms with van der Waals surface area (Å²) in [5.41, 5.74) is 1.30. The Morgan fingerprint density at radius 3 is 2.06 bits per heavy atom. The Hall–Kier alpha value is -2.04. The number of carboxylic acids is 2. The number of carboxylic acid groups (broad SMARTS) is 2. The summed E-state index contributed by atoms with van der Waals surface area (Å²) in [6, 6.07) is 6.61. The molecule has 1 aromatic carbocycles. The van der Waals surface area contributed by atoms with Crippen LogP contribution in [0.3, 0.4) is 0 Å². The Kier molecular flexibility index (Phi) is 4.09. The third-order valence-corrected chi connectivity index (χ3v) is 2.47. The summed E-state index contributed by atoms with van der Waals surface area (Å²) in [5.74, 6) is -3.99. The molecule has 17 heavy (non-hydrogen) atoms. The zero-order valence-electron chi connectivity index (χ0n) is 9.67. The Bertz CT molecular complexity index is 411. The summed E-state index contributed by atoms with van der Waals surface area (Å²) in [5, 5.41) is 21.3. The molecule has 1 aromatic rings. The highest BCUT2D eigenvalue weighted by Crippen LogP contribution is 2.21. The van der Waals surface area contributed by atoms with Crippen LogP contribution in [0, 0.1) is 0 Å². The van der Waals surface area contributed by atoms with Gasteiger partial charge in [0, 0.05) is 37.6 Å². The molecule has 1 rings (SSSR count). The average molecular weight is 235 g/mol. The number of hydrogen-bond donors (Lipinski definition) is 0. The molecule has 0 aliphatic carbocycles. The largest absolute Gasteiger partial charge is 0.550 e. The van der Waals surface area contributed by atoms with Gasteiger partial charge in [0.05, 0.1) is 0 Å². The molecule has 0 fully saturated rings. The summed E-state index contributed by atoms with van der Waals surface area (Å²) in [6.07, 6.45) is -0.580. The van der Waals surface area contributed by atoms with E-state index in [-0.39, 0.29) is 0 Å². The second kappa shape index (κ2) is 5.34. The lowest BCUT2D eigenvalue weighted by Gasteiger charge is -2.20. The number of hydrogen-bond acceptors (Lipinski definition) is 5. The van der Waals surface area contributed by atoms with Crippen molar-refractivity contribution in [3.05, 3.63) is 29.8 Å². The van der Waals surface area contributed by atoms with Gasteiger partial charge in [-0.1, -0.05) is 12.1 Å². The molecule has 0 aromatic heterocycles. The standard InChI is InChI=1S/C12H15NO4/c1-13(2)9-5-3-8(4-6-9)10(12(16)17)7-11(14)15/h3-6,10H,7H2,1-2H3,(H,14,15)(H,16,17)/p-2/t10-/m1/s1. The van der Waals surface area contributed by atoms with Gasteiger partial charge in [-0.2, -0.15) is 0 Å². The zero-order chi connectivity index (χ0) is 13.0. The third kappa shape index (κ3) is 3.48. The third-order valence-electron chi connectivity index (χ3n) is 2.47. The molecule has 92 valence electrons. The van der Waals surface area contributed by atoms with Gasteiger partial charge >= 0.3 is 0 Å². The van der Waals surface area contributed by atoms with Crippen molar-refractivity contribution in [3.8, 4) is 0 Å². The van der Waals surface area contributed by atoms with Crippen LogP contribution in [0.25, 0.3) is 0 Å². The van der Waals surface area contributed by atoms with Crippen molar-refractivity contribution < 1.29 is 19.8 Å². The van der Waals surface area contributed by atoms with E-state index in [1.54, 1.807) is 24.3 Å². The van der Waals surface area contributed by atoms with E-state index in [1.807, 2.05) is 19.0 Å². The molecule has 0 bridgehead atoms. The lowest BCUT2D eigenvalue weighted by Crippen LogP contribution is -2.34. The molecule has 0 heterocycles. The molecule has 0 N–H and O–H groups in total. The van der Waals surface area contributed by atoms with Gasteiger partial charge in [-0.15, -0.1) is 0 Å². The molecule has 0 aliphatic heterocycles. The van der Waals surface area contributed by atoms with Gasteiger partial charge in [0.1, 0.15) is 0 Å². The number of carbonyl (C=O) groups excluding carboxylic acids is 2. The molecule has 0 spiro atoms. The molecule has 0 amide bonds. The van der Waals surface area contributed by atoms with Crippen LogP contribution in [0.5, 0.6) is 0 Å². The predicted octanol–water partition coefficient (Wildman–Crippen LogP) is -1.27. The lowest BCUT2D eigenvalue weighted by atomic mass is 9.96. The minimum absolute atomic E-state index is 0.403. The van der Waals surface area contributed by atoms with Crippen LogP contribution < -0.4 is 15.1 Å². The van der Waals surface area contributed by atoms with Crippen molar-refractivity contribution >= 4 is 17.6 Å². The molecule has 0 aliphatic rings. The van der Waals surface area contributed by atoms with E-state index in [1.165, 1.54) is 0 Å².